The maximum atomic E-state index is 12.7. The molecule has 2 fully saturated rings. The van der Waals surface area contributed by atoms with E-state index in [0.717, 1.165) is 5.56 Å². The van der Waals surface area contributed by atoms with Crippen molar-refractivity contribution < 1.29 is 33.3 Å². The summed E-state index contributed by atoms with van der Waals surface area (Å²) in [5.74, 6) is -0.902. The number of ketones is 1. The second kappa shape index (κ2) is 8.59. The minimum absolute atomic E-state index is 0.144. The molecule has 0 amide bonds. The molecule has 0 bridgehead atoms. The van der Waals surface area contributed by atoms with Crippen LogP contribution in [0.1, 0.15) is 28.8 Å². The molecule has 0 radical (unpaired) electrons. The van der Waals surface area contributed by atoms with Gasteiger partial charge in [-0.2, -0.15) is 0 Å². The predicted molar refractivity (Wildman–Crippen MR) is 112 cm³/mol. The Bertz CT molecular complexity index is 1060. The molecule has 7 nitrogen and oxygen atoms in total. The first-order chi connectivity index (χ1) is 15.6. The maximum absolute atomic E-state index is 12.7. The lowest BCUT2D eigenvalue weighted by molar-refractivity contribution is -0.152. The zero-order chi connectivity index (χ0) is 22.1. The number of hydrogen-bond donors (Lipinski definition) is 0. The van der Waals surface area contributed by atoms with Crippen LogP contribution in [0.15, 0.2) is 66.7 Å². The molecule has 2 heterocycles. The number of hydrogen-bond acceptors (Lipinski definition) is 7. The second-order valence-electron chi connectivity index (χ2n) is 8.15. The van der Waals surface area contributed by atoms with Crippen LogP contribution >= 0.6 is 0 Å². The zero-order valence-corrected chi connectivity index (χ0v) is 17.2. The Morgan fingerprint density at radius 1 is 1.00 bits per heavy atom. The molecule has 2 aromatic carbocycles. The third kappa shape index (κ3) is 4.03. The summed E-state index contributed by atoms with van der Waals surface area (Å²) >= 11 is 0. The van der Waals surface area contributed by atoms with Crippen LogP contribution in [0.5, 0.6) is 5.75 Å². The summed E-state index contributed by atoms with van der Waals surface area (Å²) in [6.45, 7) is 0.286. The number of fused-ring (bicyclic) bond motifs is 2. The predicted octanol–water partition coefficient (Wildman–Crippen LogP) is 3.22. The second-order valence-corrected chi connectivity index (χ2v) is 8.15. The van der Waals surface area contributed by atoms with Crippen LogP contribution in [0.25, 0.3) is 0 Å². The zero-order valence-electron chi connectivity index (χ0n) is 17.2. The molecule has 3 aliphatic rings. The molecule has 5 rings (SSSR count). The Morgan fingerprint density at radius 3 is 2.62 bits per heavy atom. The maximum Gasteiger partial charge on any atom is 0.338 e. The summed E-state index contributed by atoms with van der Waals surface area (Å²) in [6.07, 6.45) is 1.88. The largest absolute Gasteiger partial charge is 0.462 e. The molecular weight excluding hydrogens is 412 g/mol. The average molecular weight is 434 g/mol. The lowest BCUT2D eigenvalue weighted by atomic mass is 9.91. The Morgan fingerprint density at radius 2 is 1.78 bits per heavy atom. The lowest BCUT2D eigenvalue weighted by Crippen LogP contribution is -2.33. The molecule has 7 heteroatoms. The first-order valence-corrected chi connectivity index (χ1v) is 10.6. The van der Waals surface area contributed by atoms with Crippen LogP contribution in [0.3, 0.4) is 0 Å². The van der Waals surface area contributed by atoms with Gasteiger partial charge in [0, 0.05) is 23.8 Å². The number of para-hydroxylation sites is 1. The summed E-state index contributed by atoms with van der Waals surface area (Å²) in [7, 11) is 0. The summed E-state index contributed by atoms with van der Waals surface area (Å²) in [5.41, 5.74) is 1.33. The standard InChI is InChI=1S/C25H22O7/c26-19(25-29-14-16-8-4-5-9-20(16)32-25)11-10-17-18-12-23(27)30-22(18)13-21(17)31-24(28)15-6-2-1-3-7-15/h1-11,17-18,21-22,25H,12-14H2/b11-10+/t17-,18-,21-,22+,25?/m1/s1. The first-order valence-electron chi connectivity index (χ1n) is 10.6. The highest BCUT2D eigenvalue weighted by molar-refractivity contribution is 5.93. The van der Waals surface area contributed by atoms with Crippen molar-refractivity contribution in [2.75, 3.05) is 0 Å². The Hall–Kier alpha value is -3.45. The summed E-state index contributed by atoms with van der Waals surface area (Å²) in [5, 5.41) is 0. The van der Waals surface area contributed by atoms with Gasteiger partial charge in [-0.05, 0) is 24.3 Å². The normalized spacial score (nSPS) is 28.5. The molecule has 5 atom stereocenters. The molecule has 0 spiro atoms. The average Bonchev–Trinajstić information content (AvgIpc) is 3.33. The van der Waals surface area contributed by atoms with Crippen LogP contribution in [0.4, 0.5) is 0 Å². The van der Waals surface area contributed by atoms with Gasteiger partial charge in [0.15, 0.2) is 0 Å². The first kappa shape index (κ1) is 20.5. The van der Waals surface area contributed by atoms with E-state index in [1.165, 1.54) is 6.08 Å². The topological polar surface area (TPSA) is 88.1 Å². The van der Waals surface area contributed by atoms with Crippen molar-refractivity contribution >= 4 is 17.7 Å². The summed E-state index contributed by atoms with van der Waals surface area (Å²) < 4.78 is 22.4. The Kier molecular flexibility index (Phi) is 5.49. The van der Waals surface area contributed by atoms with Crippen molar-refractivity contribution in [3.05, 3.63) is 77.9 Å². The van der Waals surface area contributed by atoms with Gasteiger partial charge in [-0.3, -0.25) is 9.59 Å². The Balaban J connectivity index is 1.30. The fourth-order valence-corrected chi connectivity index (χ4v) is 4.55. The number of ether oxygens (including phenoxy) is 4. The van der Waals surface area contributed by atoms with Gasteiger partial charge >= 0.3 is 11.9 Å². The van der Waals surface area contributed by atoms with E-state index in [1.54, 1.807) is 36.4 Å². The smallest absolute Gasteiger partial charge is 0.338 e. The molecule has 164 valence electrons. The Labute approximate surface area is 184 Å². The molecule has 0 aromatic heterocycles. The third-order valence-electron chi connectivity index (χ3n) is 6.13. The van der Waals surface area contributed by atoms with Crippen molar-refractivity contribution in [3.63, 3.8) is 0 Å². The molecule has 0 N–H and O–H groups in total. The number of rotatable bonds is 5. The van der Waals surface area contributed by atoms with Crippen LogP contribution in [-0.2, 0) is 30.4 Å². The van der Waals surface area contributed by atoms with Crippen molar-refractivity contribution in [1.29, 1.82) is 0 Å². The lowest BCUT2D eigenvalue weighted by Gasteiger charge is -2.24. The summed E-state index contributed by atoms with van der Waals surface area (Å²) in [6, 6.07) is 16.1. The van der Waals surface area contributed by atoms with Crippen LogP contribution in [0, 0.1) is 11.8 Å². The van der Waals surface area contributed by atoms with Crippen molar-refractivity contribution in [1.82, 2.24) is 0 Å². The molecule has 1 saturated heterocycles. The minimum atomic E-state index is -1.04. The van der Waals surface area contributed by atoms with E-state index < -0.39 is 18.4 Å². The van der Waals surface area contributed by atoms with E-state index in [-0.39, 0.29) is 42.7 Å². The van der Waals surface area contributed by atoms with Gasteiger partial charge in [0.1, 0.15) is 18.0 Å². The molecule has 1 unspecified atom stereocenters. The van der Waals surface area contributed by atoms with Crippen LogP contribution in [-0.4, -0.2) is 36.2 Å². The van der Waals surface area contributed by atoms with Gasteiger partial charge in [-0.1, -0.05) is 42.5 Å². The summed E-state index contributed by atoms with van der Waals surface area (Å²) in [4.78, 5) is 37.1. The number of benzene rings is 2. The van der Waals surface area contributed by atoms with Gasteiger partial charge in [-0.15, -0.1) is 0 Å². The molecule has 2 aromatic rings. The van der Waals surface area contributed by atoms with Crippen molar-refractivity contribution in [3.8, 4) is 5.75 Å². The molecule has 1 aliphatic carbocycles. The minimum Gasteiger partial charge on any atom is -0.462 e. The van der Waals surface area contributed by atoms with Gasteiger partial charge in [-0.25, -0.2) is 4.79 Å². The van der Waals surface area contributed by atoms with E-state index in [2.05, 4.69) is 0 Å². The van der Waals surface area contributed by atoms with E-state index >= 15 is 0 Å². The fourth-order valence-electron chi connectivity index (χ4n) is 4.55. The molecule has 2 aliphatic heterocycles. The van der Waals surface area contributed by atoms with Gasteiger partial charge in [0.25, 0.3) is 6.29 Å². The van der Waals surface area contributed by atoms with E-state index in [1.807, 2.05) is 24.3 Å². The van der Waals surface area contributed by atoms with Crippen LogP contribution in [0.2, 0.25) is 0 Å². The highest BCUT2D eigenvalue weighted by Crippen LogP contribution is 2.43. The van der Waals surface area contributed by atoms with E-state index in [4.69, 9.17) is 18.9 Å². The highest BCUT2D eigenvalue weighted by Gasteiger charge is 2.50. The van der Waals surface area contributed by atoms with E-state index in [0.29, 0.717) is 17.7 Å². The fraction of sp³-hybridized carbons (Fsp3) is 0.320. The van der Waals surface area contributed by atoms with E-state index in [9.17, 15) is 14.4 Å². The quantitative estimate of drug-likeness (QED) is 0.527. The number of carbonyl (C=O) groups excluding carboxylic acids is 3. The monoisotopic (exact) mass is 434 g/mol. The third-order valence-corrected chi connectivity index (χ3v) is 6.13. The number of esters is 2. The molecule has 1 saturated carbocycles. The van der Waals surface area contributed by atoms with Gasteiger partial charge in [0.05, 0.1) is 18.6 Å². The van der Waals surface area contributed by atoms with Gasteiger partial charge < -0.3 is 18.9 Å². The van der Waals surface area contributed by atoms with Crippen molar-refractivity contribution in [2.45, 2.75) is 37.9 Å². The SMILES string of the molecule is O=C1C[C@@H]2[C@@H](/C=C/C(=O)C3OCc4ccccc4O3)[C@H](OC(=O)c3ccccc3)C[C@@H]2O1. The van der Waals surface area contributed by atoms with Crippen molar-refractivity contribution in [2.24, 2.45) is 11.8 Å². The van der Waals surface area contributed by atoms with Crippen LogP contribution < -0.4 is 4.74 Å². The molecular formula is C25H22O7. The highest BCUT2D eigenvalue weighted by atomic mass is 16.7. The van der Waals surface area contributed by atoms with Gasteiger partial charge in [0.2, 0.25) is 5.78 Å². The number of carbonyl (C=O) groups is 3. The molecule has 32 heavy (non-hydrogen) atoms.